The van der Waals surface area contributed by atoms with Crippen LogP contribution in [0.4, 0.5) is 26.3 Å². The van der Waals surface area contributed by atoms with Crippen LogP contribution < -0.4 is 0 Å². The van der Waals surface area contributed by atoms with E-state index in [-0.39, 0.29) is 18.4 Å². The van der Waals surface area contributed by atoms with Gasteiger partial charge in [0.05, 0.1) is 11.1 Å². The molecule has 0 heterocycles. The summed E-state index contributed by atoms with van der Waals surface area (Å²) in [6.07, 6.45) is -8.31. The summed E-state index contributed by atoms with van der Waals surface area (Å²) >= 11 is 0. The molecule has 26 heavy (non-hydrogen) atoms. The van der Waals surface area contributed by atoms with E-state index in [1.807, 2.05) is 0 Å². The van der Waals surface area contributed by atoms with Gasteiger partial charge >= 0.3 is 18.3 Å². The number of aliphatic carboxylic acids is 1. The van der Waals surface area contributed by atoms with E-state index in [9.17, 15) is 36.2 Å². The molecule has 1 aromatic carbocycles. The fourth-order valence-corrected chi connectivity index (χ4v) is 2.28. The van der Waals surface area contributed by atoms with Crippen LogP contribution in [0.15, 0.2) is 35.8 Å². The molecule has 0 amide bonds. The summed E-state index contributed by atoms with van der Waals surface area (Å²) in [7, 11) is 0. The minimum absolute atomic E-state index is 0.0105. The molecule has 0 aliphatic heterocycles. The highest BCUT2D eigenvalue weighted by Gasteiger charge is 2.38. The highest BCUT2D eigenvalue weighted by molar-refractivity contribution is 5.88. The molecule has 1 N–H and O–H groups in total. The quantitative estimate of drug-likeness (QED) is 0.418. The third-order valence-corrected chi connectivity index (χ3v) is 3.48. The van der Waals surface area contributed by atoms with Crippen LogP contribution in [0.2, 0.25) is 0 Å². The van der Waals surface area contributed by atoms with Gasteiger partial charge in [-0.25, -0.2) is 4.79 Å². The Morgan fingerprint density at radius 3 is 1.88 bits per heavy atom. The highest BCUT2D eigenvalue weighted by Crippen LogP contribution is 2.36. The monoisotopic (exact) mass is 381 g/mol. The van der Waals surface area contributed by atoms with Gasteiger partial charge in [0.2, 0.25) is 0 Å². The normalized spacial score (nSPS) is 15.3. The average molecular weight is 381 g/mol. The summed E-state index contributed by atoms with van der Waals surface area (Å²) in [6, 6.07) is 0.942. The van der Waals surface area contributed by atoms with Crippen molar-refractivity contribution >= 4 is 12.2 Å². The molecule has 1 aromatic rings. The number of carboxylic acid groups (broad SMARTS) is 1. The zero-order valence-electron chi connectivity index (χ0n) is 13.9. The number of rotatable bonds is 6. The molecule has 0 saturated heterocycles. The standard InChI is InChI=1S/C17H17F6NO2/c1-4-15(14(25)26,8-10(2)3)24-9-11-5-12(16(18,19)20)7-13(6-11)17(21,22)23/h4-7,9-10H,1,8H2,2-3H3,(H,25,26). The van der Waals surface area contributed by atoms with Gasteiger partial charge in [0.15, 0.2) is 5.54 Å². The second-order valence-corrected chi connectivity index (χ2v) is 6.13. The van der Waals surface area contributed by atoms with Crippen molar-refractivity contribution in [3.63, 3.8) is 0 Å². The van der Waals surface area contributed by atoms with Crippen molar-refractivity contribution in [2.45, 2.75) is 38.2 Å². The number of benzene rings is 1. The molecular weight excluding hydrogens is 364 g/mol. The smallest absolute Gasteiger partial charge is 0.416 e. The number of hydrogen-bond donors (Lipinski definition) is 1. The molecule has 9 heteroatoms. The lowest BCUT2D eigenvalue weighted by molar-refractivity contribution is -0.143. The molecule has 0 aliphatic carbocycles. The largest absolute Gasteiger partial charge is 0.479 e. The minimum atomic E-state index is -5.00. The van der Waals surface area contributed by atoms with E-state index in [2.05, 4.69) is 11.6 Å². The molecule has 1 rings (SSSR count). The SMILES string of the molecule is C=CC(CC(C)C)(N=Cc1cc(C(F)(F)F)cc(C(F)(F)F)c1)C(=O)O. The molecule has 0 fully saturated rings. The molecule has 1 unspecified atom stereocenters. The summed E-state index contributed by atoms with van der Waals surface area (Å²) in [5.41, 5.74) is -5.36. The van der Waals surface area contributed by atoms with Crippen LogP contribution in [0.1, 0.15) is 37.0 Å². The number of aliphatic imine (C=N–C) groups is 1. The van der Waals surface area contributed by atoms with E-state index in [1.54, 1.807) is 13.8 Å². The Bertz CT molecular complexity index is 674. The number of halogens is 6. The second-order valence-electron chi connectivity index (χ2n) is 6.13. The number of nitrogens with zero attached hydrogens (tertiary/aromatic N) is 1. The van der Waals surface area contributed by atoms with Gasteiger partial charge in [0, 0.05) is 6.21 Å². The number of alkyl halides is 6. The van der Waals surface area contributed by atoms with E-state index >= 15 is 0 Å². The van der Waals surface area contributed by atoms with Crippen molar-refractivity contribution in [2.75, 3.05) is 0 Å². The van der Waals surface area contributed by atoms with Gasteiger partial charge in [0.1, 0.15) is 0 Å². The van der Waals surface area contributed by atoms with Crippen LogP contribution in [0.5, 0.6) is 0 Å². The number of hydrogen-bond acceptors (Lipinski definition) is 2. The fraction of sp³-hybridized carbons (Fsp3) is 0.412. The van der Waals surface area contributed by atoms with E-state index in [4.69, 9.17) is 0 Å². The van der Waals surface area contributed by atoms with Crippen molar-refractivity contribution < 1.29 is 36.2 Å². The van der Waals surface area contributed by atoms with E-state index < -0.39 is 40.6 Å². The summed E-state index contributed by atoms with van der Waals surface area (Å²) in [4.78, 5) is 15.3. The van der Waals surface area contributed by atoms with Gasteiger partial charge < -0.3 is 5.11 Å². The lowest BCUT2D eigenvalue weighted by Crippen LogP contribution is -2.36. The maximum Gasteiger partial charge on any atom is 0.416 e. The predicted molar refractivity (Wildman–Crippen MR) is 84.1 cm³/mol. The first-order valence-corrected chi connectivity index (χ1v) is 7.43. The fourth-order valence-electron chi connectivity index (χ4n) is 2.28. The Morgan fingerprint density at radius 2 is 1.58 bits per heavy atom. The Labute approximate surface area is 146 Å². The van der Waals surface area contributed by atoms with Gasteiger partial charge in [-0.2, -0.15) is 26.3 Å². The first-order valence-electron chi connectivity index (χ1n) is 7.43. The lowest BCUT2D eigenvalue weighted by atomic mass is 9.89. The number of carbonyl (C=O) groups is 1. The molecule has 0 radical (unpaired) electrons. The van der Waals surface area contributed by atoms with Crippen molar-refractivity contribution in [3.8, 4) is 0 Å². The summed E-state index contributed by atoms with van der Waals surface area (Å²) in [6.45, 7) is 6.77. The van der Waals surface area contributed by atoms with Gasteiger partial charge in [0.25, 0.3) is 0 Å². The van der Waals surface area contributed by atoms with Crippen molar-refractivity contribution in [3.05, 3.63) is 47.5 Å². The van der Waals surface area contributed by atoms with Crippen LogP contribution in [0.3, 0.4) is 0 Å². The predicted octanol–water partition coefficient (Wildman–Crippen LogP) is 5.20. The Morgan fingerprint density at radius 1 is 1.12 bits per heavy atom. The second kappa shape index (κ2) is 7.51. The maximum atomic E-state index is 12.9. The van der Waals surface area contributed by atoms with E-state index in [1.165, 1.54) is 0 Å². The topological polar surface area (TPSA) is 49.7 Å². The first kappa shape index (κ1) is 21.7. The molecule has 0 bridgehead atoms. The molecule has 0 spiro atoms. The zero-order chi connectivity index (χ0) is 20.3. The van der Waals surface area contributed by atoms with Gasteiger partial charge in [-0.1, -0.05) is 19.9 Å². The van der Waals surface area contributed by atoms with Crippen molar-refractivity contribution in [1.29, 1.82) is 0 Å². The van der Waals surface area contributed by atoms with Gasteiger partial charge in [-0.3, -0.25) is 4.99 Å². The van der Waals surface area contributed by atoms with Crippen LogP contribution in [0, 0.1) is 5.92 Å². The first-order chi connectivity index (χ1) is 11.7. The summed E-state index contributed by atoms with van der Waals surface area (Å²) in [5.74, 6) is -1.56. The van der Waals surface area contributed by atoms with E-state index in [0.717, 1.165) is 6.08 Å². The summed E-state index contributed by atoms with van der Waals surface area (Å²) in [5, 5.41) is 9.37. The molecule has 0 aromatic heterocycles. The van der Waals surface area contributed by atoms with Crippen molar-refractivity contribution in [1.82, 2.24) is 0 Å². The molecule has 3 nitrogen and oxygen atoms in total. The zero-order valence-corrected chi connectivity index (χ0v) is 13.9. The Balaban J connectivity index is 3.47. The van der Waals surface area contributed by atoms with E-state index in [0.29, 0.717) is 18.3 Å². The van der Waals surface area contributed by atoms with Crippen LogP contribution in [-0.4, -0.2) is 22.8 Å². The van der Waals surface area contributed by atoms with Crippen LogP contribution in [0.25, 0.3) is 0 Å². The number of carboxylic acids is 1. The molecule has 144 valence electrons. The molecule has 0 saturated carbocycles. The molecule has 1 atom stereocenters. The lowest BCUT2D eigenvalue weighted by Gasteiger charge is -2.23. The molecular formula is C17H17F6NO2. The van der Waals surface area contributed by atoms with Crippen LogP contribution in [-0.2, 0) is 17.1 Å². The minimum Gasteiger partial charge on any atom is -0.479 e. The average Bonchev–Trinajstić information content (AvgIpc) is 2.48. The highest BCUT2D eigenvalue weighted by atomic mass is 19.4. The maximum absolute atomic E-state index is 12.9. The van der Waals surface area contributed by atoms with Crippen LogP contribution >= 0.6 is 0 Å². The Kier molecular flexibility index (Phi) is 6.27. The summed E-state index contributed by atoms with van der Waals surface area (Å²) < 4.78 is 77.1. The third-order valence-electron chi connectivity index (χ3n) is 3.48. The molecule has 0 aliphatic rings. The van der Waals surface area contributed by atoms with Gasteiger partial charge in [-0.05, 0) is 36.1 Å². The third kappa shape index (κ3) is 5.34. The Hall–Kier alpha value is -2.32. The van der Waals surface area contributed by atoms with Gasteiger partial charge in [-0.15, -0.1) is 6.58 Å². The van der Waals surface area contributed by atoms with Crippen molar-refractivity contribution in [2.24, 2.45) is 10.9 Å².